The first kappa shape index (κ1) is 16.1. The van der Waals surface area contributed by atoms with E-state index in [0.29, 0.717) is 0 Å². The summed E-state index contributed by atoms with van der Waals surface area (Å²) in [6.45, 7) is -0.205. The minimum absolute atomic E-state index is 0.0132. The minimum atomic E-state index is -1.08. The Balaban J connectivity index is 1.62. The first-order chi connectivity index (χ1) is 11.6. The Morgan fingerprint density at radius 2 is 1.88 bits per heavy atom. The second-order valence-corrected chi connectivity index (χ2v) is 5.80. The zero-order valence-electron chi connectivity index (χ0n) is 13.2. The van der Waals surface area contributed by atoms with E-state index in [1.54, 1.807) is 18.2 Å². The van der Waals surface area contributed by atoms with Gasteiger partial charge in [0.05, 0.1) is 6.04 Å². The summed E-state index contributed by atoms with van der Waals surface area (Å²) < 4.78 is 5.40. The van der Waals surface area contributed by atoms with Gasteiger partial charge in [-0.3, -0.25) is 4.79 Å². The summed E-state index contributed by atoms with van der Waals surface area (Å²) >= 11 is 0. The number of hydrogen-bond donors (Lipinski definition) is 2. The SMILES string of the molecule is O=C(COc1ccccc1C(=O)O)N[C@@H]1CCCc2ccccc21. The molecule has 5 heteroatoms. The van der Waals surface area contributed by atoms with E-state index in [4.69, 9.17) is 9.84 Å². The highest BCUT2D eigenvalue weighted by Gasteiger charge is 2.21. The zero-order valence-corrected chi connectivity index (χ0v) is 13.2. The Morgan fingerprint density at radius 3 is 2.71 bits per heavy atom. The average molecular weight is 325 g/mol. The molecule has 5 nitrogen and oxygen atoms in total. The fourth-order valence-electron chi connectivity index (χ4n) is 3.05. The second kappa shape index (κ2) is 7.17. The zero-order chi connectivity index (χ0) is 16.9. The van der Waals surface area contributed by atoms with E-state index in [1.165, 1.54) is 11.6 Å². The molecule has 0 aromatic heterocycles. The van der Waals surface area contributed by atoms with Crippen molar-refractivity contribution in [3.05, 3.63) is 65.2 Å². The summed E-state index contributed by atoms with van der Waals surface area (Å²) in [5.74, 6) is -1.13. The molecule has 24 heavy (non-hydrogen) atoms. The van der Waals surface area contributed by atoms with Crippen LogP contribution in [-0.2, 0) is 11.2 Å². The van der Waals surface area contributed by atoms with Crippen molar-refractivity contribution in [2.75, 3.05) is 6.61 Å². The van der Waals surface area contributed by atoms with Crippen LogP contribution in [0.1, 0.15) is 40.4 Å². The number of aryl methyl sites for hydroxylation is 1. The number of aromatic carboxylic acids is 1. The molecule has 0 radical (unpaired) electrons. The molecule has 0 fully saturated rings. The number of hydrogen-bond acceptors (Lipinski definition) is 3. The second-order valence-electron chi connectivity index (χ2n) is 5.80. The van der Waals surface area contributed by atoms with Crippen molar-refractivity contribution in [3.8, 4) is 5.75 Å². The lowest BCUT2D eigenvalue weighted by molar-refractivity contribution is -0.124. The van der Waals surface area contributed by atoms with E-state index in [2.05, 4.69) is 11.4 Å². The van der Waals surface area contributed by atoms with E-state index >= 15 is 0 Å². The van der Waals surface area contributed by atoms with Crippen LogP contribution in [0.25, 0.3) is 0 Å². The quantitative estimate of drug-likeness (QED) is 0.886. The molecule has 2 aromatic carbocycles. The van der Waals surface area contributed by atoms with Crippen molar-refractivity contribution in [2.24, 2.45) is 0 Å². The number of nitrogens with one attached hydrogen (secondary N) is 1. The molecule has 0 saturated carbocycles. The molecule has 1 aliphatic rings. The molecule has 2 N–H and O–H groups in total. The number of carbonyl (C=O) groups excluding carboxylic acids is 1. The summed E-state index contributed by atoms with van der Waals surface area (Å²) in [4.78, 5) is 23.3. The first-order valence-corrected chi connectivity index (χ1v) is 7.97. The van der Waals surface area contributed by atoms with Gasteiger partial charge in [0.25, 0.3) is 5.91 Å². The lowest BCUT2D eigenvalue weighted by Gasteiger charge is -2.26. The van der Waals surface area contributed by atoms with Crippen molar-refractivity contribution in [1.82, 2.24) is 5.32 Å². The van der Waals surface area contributed by atoms with Gasteiger partial charge in [-0.1, -0.05) is 36.4 Å². The van der Waals surface area contributed by atoms with Gasteiger partial charge in [-0.25, -0.2) is 4.79 Å². The molecule has 3 rings (SSSR count). The predicted octanol–water partition coefficient (Wildman–Crippen LogP) is 2.96. The molecule has 1 atom stereocenters. The third-order valence-electron chi connectivity index (χ3n) is 4.18. The largest absolute Gasteiger partial charge is 0.483 e. The minimum Gasteiger partial charge on any atom is -0.483 e. The van der Waals surface area contributed by atoms with Gasteiger partial charge < -0.3 is 15.2 Å². The van der Waals surface area contributed by atoms with Gasteiger partial charge in [-0.05, 0) is 42.5 Å². The summed E-state index contributed by atoms with van der Waals surface area (Å²) in [6, 6.07) is 14.4. The van der Waals surface area contributed by atoms with E-state index in [0.717, 1.165) is 24.8 Å². The molecular weight excluding hydrogens is 306 g/mol. The van der Waals surface area contributed by atoms with Crippen LogP contribution in [0, 0.1) is 0 Å². The molecule has 124 valence electrons. The topological polar surface area (TPSA) is 75.6 Å². The third kappa shape index (κ3) is 3.56. The molecule has 0 saturated heterocycles. The van der Waals surface area contributed by atoms with Crippen LogP contribution in [0.5, 0.6) is 5.75 Å². The Kier molecular flexibility index (Phi) is 4.79. The number of carboxylic acid groups (broad SMARTS) is 1. The summed E-state index contributed by atoms with van der Waals surface area (Å²) in [6.07, 6.45) is 2.96. The van der Waals surface area contributed by atoms with Gasteiger partial charge >= 0.3 is 5.97 Å². The van der Waals surface area contributed by atoms with E-state index in [9.17, 15) is 9.59 Å². The highest BCUT2D eigenvalue weighted by Crippen LogP contribution is 2.29. The highest BCUT2D eigenvalue weighted by atomic mass is 16.5. The van der Waals surface area contributed by atoms with Crippen molar-refractivity contribution in [1.29, 1.82) is 0 Å². The van der Waals surface area contributed by atoms with Crippen molar-refractivity contribution in [3.63, 3.8) is 0 Å². The number of fused-ring (bicyclic) bond motifs is 1. The predicted molar refractivity (Wildman–Crippen MR) is 89.2 cm³/mol. The fraction of sp³-hybridized carbons (Fsp3) is 0.263. The number of benzene rings is 2. The lowest BCUT2D eigenvalue weighted by atomic mass is 9.88. The normalized spacial score (nSPS) is 16.1. The molecule has 1 aliphatic carbocycles. The van der Waals surface area contributed by atoms with Crippen molar-refractivity contribution < 1.29 is 19.4 Å². The Labute approximate surface area is 140 Å². The van der Waals surface area contributed by atoms with Gasteiger partial charge in [0.2, 0.25) is 0 Å². The first-order valence-electron chi connectivity index (χ1n) is 7.97. The Hall–Kier alpha value is -2.82. The van der Waals surface area contributed by atoms with E-state index in [1.807, 2.05) is 18.2 Å². The molecule has 0 aliphatic heterocycles. The lowest BCUT2D eigenvalue weighted by Crippen LogP contribution is -2.34. The molecule has 2 aromatic rings. The maximum Gasteiger partial charge on any atom is 0.339 e. The number of amides is 1. The number of carbonyl (C=O) groups is 2. The van der Waals surface area contributed by atoms with Crippen LogP contribution < -0.4 is 10.1 Å². The van der Waals surface area contributed by atoms with Gasteiger partial charge in [0, 0.05) is 0 Å². The van der Waals surface area contributed by atoms with Gasteiger partial charge in [-0.2, -0.15) is 0 Å². The van der Waals surface area contributed by atoms with Gasteiger partial charge in [0.1, 0.15) is 11.3 Å². The summed E-state index contributed by atoms with van der Waals surface area (Å²) in [5, 5.41) is 12.1. The molecule has 0 unspecified atom stereocenters. The molecular formula is C19H19NO4. The van der Waals surface area contributed by atoms with Crippen LogP contribution >= 0.6 is 0 Å². The standard InChI is InChI=1S/C19H19NO4/c21-18(12-24-17-11-4-3-9-15(17)19(22)23)20-16-10-5-7-13-6-1-2-8-14(13)16/h1-4,6,8-9,11,16H,5,7,10,12H2,(H,20,21)(H,22,23)/t16-/m1/s1. The van der Waals surface area contributed by atoms with Crippen molar-refractivity contribution >= 4 is 11.9 Å². The van der Waals surface area contributed by atoms with Crippen LogP contribution in [0.15, 0.2) is 48.5 Å². The van der Waals surface area contributed by atoms with Crippen LogP contribution in [-0.4, -0.2) is 23.6 Å². The molecule has 1 amide bonds. The van der Waals surface area contributed by atoms with Crippen LogP contribution in [0.3, 0.4) is 0 Å². The summed E-state index contributed by atoms with van der Waals surface area (Å²) in [7, 11) is 0. The van der Waals surface area contributed by atoms with Gasteiger partial charge in [0.15, 0.2) is 6.61 Å². The average Bonchev–Trinajstić information content (AvgIpc) is 2.60. The van der Waals surface area contributed by atoms with E-state index in [-0.39, 0.29) is 29.9 Å². The fourth-order valence-corrected chi connectivity index (χ4v) is 3.05. The Bertz CT molecular complexity index is 757. The number of ether oxygens (including phenoxy) is 1. The monoisotopic (exact) mass is 325 g/mol. The molecule has 0 bridgehead atoms. The van der Waals surface area contributed by atoms with Crippen LogP contribution in [0.2, 0.25) is 0 Å². The maximum atomic E-state index is 12.2. The smallest absolute Gasteiger partial charge is 0.339 e. The van der Waals surface area contributed by atoms with Crippen LogP contribution in [0.4, 0.5) is 0 Å². The maximum absolute atomic E-state index is 12.2. The summed E-state index contributed by atoms with van der Waals surface area (Å²) in [5.41, 5.74) is 2.47. The van der Waals surface area contributed by atoms with Gasteiger partial charge in [-0.15, -0.1) is 0 Å². The Morgan fingerprint density at radius 1 is 1.12 bits per heavy atom. The number of carboxylic acids is 1. The molecule has 0 spiro atoms. The highest BCUT2D eigenvalue weighted by molar-refractivity contribution is 5.91. The third-order valence-corrected chi connectivity index (χ3v) is 4.18. The number of para-hydroxylation sites is 1. The molecule has 0 heterocycles. The number of rotatable bonds is 5. The van der Waals surface area contributed by atoms with E-state index < -0.39 is 5.97 Å². The van der Waals surface area contributed by atoms with Crippen molar-refractivity contribution in [2.45, 2.75) is 25.3 Å².